The molecule has 2 aliphatic rings. The van der Waals surface area contributed by atoms with Gasteiger partial charge in [-0.1, -0.05) is 75.6 Å². The van der Waals surface area contributed by atoms with Crippen molar-refractivity contribution in [2.45, 2.75) is 84.3 Å². The van der Waals surface area contributed by atoms with Gasteiger partial charge in [-0.2, -0.15) is 0 Å². The van der Waals surface area contributed by atoms with E-state index in [0.717, 1.165) is 49.8 Å². The fourth-order valence-electron chi connectivity index (χ4n) is 6.41. The molecule has 5 unspecified atom stereocenters. The second-order valence-electron chi connectivity index (χ2n) is 10.8. The van der Waals surface area contributed by atoms with Gasteiger partial charge in [0.05, 0.1) is 6.10 Å². The summed E-state index contributed by atoms with van der Waals surface area (Å²) in [5.41, 5.74) is 3.61. The topological polar surface area (TPSA) is 55.8 Å². The first-order valence-electron chi connectivity index (χ1n) is 13.7. The standard InChI is InChI=1S/C31H42O4/c1-3-4-6-13-26(32)15-16-27-22(2)17-25-19-29-24(18-28(25)27)12-9-14-30(29)34-21-31(33)35-20-23-10-7-5-8-11-23/h5,7-12,14,22,25-28,32H,3-4,6,13,15-21H2,1-2H3. The lowest BCUT2D eigenvalue weighted by Gasteiger charge is -2.33. The van der Waals surface area contributed by atoms with E-state index in [1.54, 1.807) is 0 Å². The number of fused-ring (bicyclic) bond motifs is 2. The van der Waals surface area contributed by atoms with E-state index in [4.69, 9.17) is 9.47 Å². The number of unbranched alkanes of at least 4 members (excludes halogenated alkanes) is 2. The summed E-state index contributed by atoms with van der Waals surface area (Å²) in [4.78, 5) is 12.3. The van der Waals surface area contributed by atoms with Gasteiger partial charge in [0.15, 0.2) is 6.61 Å². The van der Waals surface area contributed by atoms with E-state index in [-0.39, 0.29) is 25.3 Å². The zero-order valence-corrected chi connectivity index (χ0v) is 21.5. The molecule has 4 rings (SSSR count). The van der Waals surface area contributed by atoms with Crippen LogP contribution in [0, 0.1) is 23.7 Å². The summed E-state index contributed by atoms with van der Waals surface area (Å²) in [6.45, 7) is 4.82. The van der Waals surface area contributed by atoms with Gasteiger partial charge >= 0.3 is 5.97 Å². The maximum absolute atomic E-state index is 12.3. The van der Waals surface area contributed by atoms with Crippen molar-refractivity contribution in [2.75, 3.05) is 6.61 Å². The van der Waals surface area contributed by atoms with Crippen molar-refractivity contribution in [3.05, 3.63) is 65.2 Å². The van der Waals surface area contributed by atoms with E-state index < -0.39 is 0 Å². The molecule has 5 atom stereocenters. The van der Waals surface area contributed by atoms with Crippen LogP contribution in [0.3, 0.4) is 0 Å². The molecule has 0 aromatic heterocycles. The van der Waals surface area contributed by atoms with Crippen LogP contribution in [0.5, 0.6) is 5.75 Å². The second kappa shape index (κ2) is 12.6. The molecule has 0 aliphatic heterocycles. The molecule has 0 amide bonds. The van der Waals surface area contributed by atoms with Gasteiger partial charge in [0.25, 0.3) is 0 Å². The van der Waals surface area contributed by atoms with E-state index in [2.05, 4.69) is 26.0 Å². The Hall–Kier alpha value is -2.33. The Morgan fingerprint density at radius 2 is 1.89 bits per heavy atom. The third kappa shape index (κ3) is 6.88. The molecule has 2 aromatic carbocycles. The largest absolute Gasteiger partial charge is 0.482 e. The van der Waals surface area contributed by atoms with E-state index in [1.807, 2.05) is 36.4 Å². The van der Waals surface area contributed by atoms with Crippen molar-refractivity contribution in [1.82, 2.24) is 0 Å². The monoisotopic (exact) mass is 478 g/mol. The molecule has 0 heterocycles. The number of hydrogen-bond acceptors (Lipinski definition) is 4. The highest BCUT2D eigenvalue weighted by atomic mass is 16.6. The summed E-state index contributed by atoms with van der Waals surface area (Å²) in [7, 11) is 0. The molecule has 1 N–H and O–H groups in total. The van der Waals surface area contributed by atoms with Gasteiger partial charge in [0.1, 0.15) is 12.4 Å². The zero-order valence-electron chi connectivity index (χ0n) is 21.5. The Bertz CT molecular complexity index is 940. The van der Waals surface area contributed by atoms with Gasteiger partial charge in [0.2, 0.25) is 0 Å². The number of aliphatic hydroxyl groups excluding tert-OH is 1. The van der Waals surface area contributed by atoms with Crippen LogP contribution in [0.15, 0.2) is 48.5 Å². The smallest absolute Gasteiger partial charge is 0.344 e. The number of esters is 1. The second-order valence-corrected chi connectivity index (χ2v) is 10.8. The highest BCUT2D eigenvalue weighted by molar-refractivity contribution is 5.71. The maximum Gasteiger partial charge on any atom is 0.344 e. The summed E-state index contributed by atoms with van der Waals surface area (Å²) in [6.07, 6.45) is 9.77. The van der Waals surface area contributed by atoms with Crippen molar-refractivity contribution in [3.8, 4) is 5.75 Å². The SMILES string of the molecule is CCCCCC(O)CCC1C(C)CC2Cc3c(cccc3OCC(=O)OCc3ccccc3)CC21. The molecular formula is C31H42O4. The van der Waals surface area contributed by atoms with E-state index in [1.165, 1.54) is 30.4 Å². The molecule has 2 aromatic rings. The molecule has 1 fully saturated rings. The lowest BCUT2D eigenvalue weighted by molar-refractivity contribution is -0.147. The van der Waals surface area contributed by atoms with Crippen molar-refractivity contribution in [2.24, 2.45) is 23.7 Å². The first-order chi connectivity index (χ1) is 17.0. The molecule has 0 saturated heterocycles. The molecule has 0 radical (unpaired) electrons. The van der Waals surface area contributed by atoms with E-state index in [0.29, 0.717) is 23.7 Å². The highest BCUT2D eigenvalue weighted by Gasteiger charge is 2.43. The van der Waals surface area contributed by atoms with Crippen molar-refractivity contribution in [1.29, 1.82) is 0 Å². The maximum atomic E-state index is 12.3. The van der Waals surface area contributed by atoms with Crippen LogP contribution in [0.1, 0.15) is 75.5 Å². The fourth-order valence-corrected chi connectivity index (χ4v) is 6.41. The minimum atomic E-state index is -0.341. The Morgan fingerprint density at radius 1 is 1.06 bits per heavy atom. The van der Waals surface area contributed by atoms with Crippen molar-refractivity contribution < 1.29 is 19.4 Å². The Labute approximate surface area is 211 Å². The predicted molar refractivity (Wildman–Crippen MR) is 139 cm³/mol. The number of carbonyl (C=O) groups is 1. The summed E-state index contributed by atoms with van der Waals surface area (Å²) >= 11 is 0. The van der Waals surface area contributed by atoms with Crippen LogP contribution in [0.2, 0.25) is 0 Å². The number of benzene rings is 2. The van der Waals surface area contributed by atoms with Crippen LogP contribution in [-0.2, 0) is 29.0 Å². The van der Waals surface area contributed by atoms with Gasteiger partial charge in [-0.05, 0) is 85.0 Å². The molecular weight excluding hydrogens is 436 g/mol. The minimum Gasteiger partial charge on any atom is -0.482 e. The lowest BCUT2D eigenvalue weighted by Crippen LogP contribution is -2.27. The Morgan fingerprint density at radius 3 is 2.69 bits per heavy atom. The van der Waals surface area contributed by atoms with Gasteiger partial charge < -0.3 is 14.6 Å². The van der Waals surface area contributed by atoms with Gasteiger partial charge in [-0.25, -0.2) is 4.79 Å². The number of hydrogen-bond donors (Lipinski definition) is 1. The fraction of sp³-hybridized carbons (Fsp3) is 0.581. The van der Waals surface area contributed by atoms with Crippen LogP contribution in [0.25, 0.3) is 0 Å². The normalized spacial score (nSPS) is 23.9. The quantitative estimate of drug-likeness (QED) is 0.279. The summed E-state index contributed by atoms with van der Waals surface area (Å²) < 4.78 is 11.4. The zero-order chi connectivity index (χ0) is 24.6. The lowest BCUT2D eigenvalue weighted by atomic mass is 9.73. The summed E-state index contributed by atoms with van der Waals surface area (Å²) in [5, 5.41) is 10.5. The molecule has 2 aliphatic carbocycles. The molecule has 0 bridgehead atoms. The molecule has 1 saturated carbocycles. The summed E-state index contributed by atoms with van der Waals surface area (Å²) in [5.74, 6) is 3.22. The number of rotatable bonds is 12. The first-order valence-corrected chi connectivity index (χ1v) is 13.7. The van der Waals surface area contributed by atoms with Crippen LogP contribution in [-0.4, -0.2) is 23.8 Å². The molecule has 190 valence electrons. The molecule has 0 spiro atoms. The third-order valence-corrected chi connectivity index (χ3v) is 8.28. The van der Waals surface area contributed by atoms with E-state index >= 15 is 0 Å². The average Bonchev–Trinajstić information content (AvgIpc) is 3.18. The van der Waals surface area contributed by atoms with Gasteiger partial charge in [-0.15, -0.1) is 0 Å². The molecule has 4 nitrogen and oxygen atoms in total. The Kier molecular flexibility index (Phi) is 9.25. The molecule has 35 heavy (non-hydrogen) atoms. The van der Waals surface area contributed by atoms with Crippen LogP contribution >= 0.6 is 0 Å². The van der Waals surface area contributed by atoms with Gasteiger partial charge in [-0.3, -0.25) is 0 Å². The van der Waals surface area contributed by atoms with Gasteiger partial charge in [0, 0.05) is 0 Å². The highest BCUT2D eigenvalue weighted by Crippen LogP contribution is 2.51. The first kappa shape index (κ1) is 25.8. The summed E-state index contributed by atoms with van der Waals surface area (Å²) in [6, 6.07) is 16.0. The number of aliphatic hydroxyl groups is 1. The number of ether oxygens (including phenoxy) is 2. The van der Waals surface area contributed by atoms with Crippen LogP contribution < -0.4 is 4.74 Å². The van der Waals surface area contributed by atoms with Crippen LogP contribution in [0.4, 0.5) is 0 Å². The Balaban J connectivity index is 1.31. The number of carbonyl (C=O) groups excluding carboxylic acids is 1. The van der Waals surface area contributed by atoms with Crippen molar-refractivity contribution >= 4 is 5.97 Å². The predicted octanol–water partition coefficient (Wildman–Crippen LogP) is 6.52. The molecule has 4 heteroatoms. The average molecular weight is 479 g/mol. The minimum absolute atomic E-state index is 0.0632. The van der Waals surface area contributed by atoms with E-state index in [9.17, 15) is 9.90 Å². The third-order valence-electron chi connectivity index (χ3n) is 8.28. The van der Waals surface area contributed by atoms with Crippen molar-refractivity contribution in [3.63, 3.8) is 0 Å².